The Morgan fingerprint density at radius 1 is 1.13 bits per heavy atom. The van der Waals surface area contributed by atoms with Crippen molar-refractivity contribution in [3.8, 4) is 11.5 Å². The van der Waals surface area contributed by atoms with Crippen LogP contribution in [0.4, 0.5) is 4.79 Å². The van der Waals surface area contributed by atoms with E-state index in [1.807, 2.05) is 25.1 Å². The van der Waals surface area contributed by atoms with E-state index < -0.39 is 11.5 Å². The Labute approximate surface area is 183 Å². The second kappa shape index (κ2) is 8.42. The van der Waals surface area contributed by atoms with Crippen LogP contribution >= 0.6 is 0 Å². The molecule has 0 bridgehead atoms. The summed E-state index contributed by atoms with van der Waals surface area (Å²) in [5.41, 5.74) is 3.17. The molecule has 1 heterocycles. The van der Waals surface area contributed by atoms with Crippen molar-refractivity contribution in [3.63, 3.8) is 0 Å². The van der Waals surface area contributed by atoms with Crippen molar-refractivity contribution in [2.75, 3.05) is 27.3 Å². The predicted octanol–water partition coefficient (Wildman–Crippen LogP) is 3.79. The van der Waals surface area contributed by atoms with Crippen molar-refractivity contribution in [1.29, 1.82) is 0 Å². The summed E-state index contributed by atoms with van der Waals surface area (Å²) in [6.07, 6.45) is 0.828. The van der Waals surface area contributed by atoms with Crippen molar-refractivity contribution < 1.29 is 24.1 Å². The zero-order chi connectivity index (χ0) is 22.2. The van der Waals surface area contributed by atoms with E-state index >= 15 is 0 Å². The number of carbonyl (C=O) groups is 1. The highest BCUT2D eigenvalue weighted by atomic mass is 16.5. The number of aliphatic hydroxyl groups is 1. The maximum atomic E-state index is 12.2. The molecule has 4 rings (SSSR count). The van der Waals surface area contributed by atoms with Gasteiger partial charge in [-0.3, -0.25) is 0 Å². The maximum Gasteiger partial charge on any atom is 0.409 e. The van der Waals surface area contributed by atoms with Crippen molar-refractivity contribution >= 4 is 6.09 Å². The van der Waals surface area contributed by atoms with Crippen molar-refractivity contribution in [2.24, 2.45) is 5.41 Å². The van der Waals surface area contributed by atoms with Gasteiger partial charge in [0.15, 0.2) is 11.5 Å². The minimum absolute atomic E-state index is 0.0550. The molecule has 6 nitrogen and oxygen atoms in total. The van der Waals surface area contributed by atoms with Gasteiger partial charge < -0.3 is 24.2 Å². The SMILES string of the molecule is COC(=O)N1C[C@H](c2ccc(OC)c(OC3Cc4ccccc4C3)c2)[C@@](C)([C@H](C)O)C1. The number of hydrogen-bond acceptors (Lipinski definition) is 5. The number of likely N-dealkylation sites (tertiary alicyclic amines) is 1. The molecule has 2 aliphatic rings. The lowest BCUT2D eigenvalue weighted by Crippen LogP contribution is -2.38. The van der Waals surface area contributed by atoms with Crippen LogP contribution in [0.5, 0.6) is 11.5 Å². The molecule has 1 saturated heterocycles. The highest BCUT2D eigenvalue weighted by Gasteiger charge is 2.48. The van der Waals surface area contributed by atoms with Crippen LogP contribution in [0.1, 0.15) is 36.5 Å². The summed E-state index contributed by atoms with van der Waals surface area (Å²) in [5, 5.41) is 10.6. The number of nitrogens with zero attached hydrogens (tertiary/aromatic N) is 1. The number of hydrogen-bond donors (Lipinski definition) is 1. The fraction of sp³-hybridized carbons (Fsp3) is 0.480. The lowest BCUT2D eigenvalue weighted by Gasteiger charge is -2.33. The minimum Gasteiger partial charge on any atom is -0.493 e. The third-order valence-electron chi connectivity index (χ3n) is 7.02. The number of amides is 1. The van der Waals surface area contributed by atoms with Gasteiger partial charge in [-0.05, 0) is 35.7 Å². The van der Waals surface area contributed by atoms with Gasteiger partial charge in [0.1, 0.15) is 6.10 Å². The summed E-state index contributed by atoms with van der Waals surface area (Å²) >= 11 is 0. The molecule has 2 aromatic carbocycles. The lowest BCUT2D eigenvalue weighted by atomic mass is 9.72. The van der Waals surface area contributed by atoms with Gasteiger partial charge in [-0.15, -0.1) is 0 Å². The molecular weight excluding hydrogens is 394 g/mol. The van der Waals surface area contributed by atoms with Crippen LogP contribution in [-0.2, 0) is 17.6 Å². The summed E-state index contributed by atoms with van der Waals surface area (Å²) in [6.45, 7) is 4.71. The quantitative estimate of drug-likeness (QED) is 0.789. The van der Waals surface area contributed by atoms with Gasteiger partial charge >= 0.3 is 6.09 Å². The number of ether oxygens (including phenoxy) is 3. The van der Waals surface area contributed by atoms with Crippen molar-refractivity contribution in [3.05, 3.63) is 59.2 Å². The Morgan fingerprint density at radius 2 is 1.81 bits per heavy atom. The van der Waals surface area contributed by atoms with Crippen LogP contribution < -0.4 is 9.47 Å². The molecule has 6 heteroatoms. The monoisotopic (exact) mass is 425 g/mol. The van der Waals surface area contributed by atoms with E-state index in [-0.39, 0.29) is 18.1 Å². The second-order valence-electron chi connectivity index (χ2n) is 8.91. The van der Waals surface area contributed by atoms with Crippen molar-refractivity contribution in [1.82, 2.24) is 4.90 Å². The Morgan fingerprint density at radius 3 is 2.39 bits per heavy atom. The molecule has 0 unspecified atom stereocenters. The zero-order valence-electron chi connectivity index (χ0n) is 18.6. The number of methoxy groups -OCH3 is 2. The molecule has 1 amide bonds. The minimum atomic E-state index is -0.594. The highest BCUT2D eigenvalue weighted by Crippen LogP contribution is 2.47. The summed E-state index contributed by atoms with van der Waals surface area (Å²) in [6, 6.07) is 14.4. The van der Waals surface area contributed by atoms with E-state index in [9.17, 15) is 9.90 Å². The van der Waals surface area contributed by atoms with Gasteiger partial charge in [0.2, 0.25) is 0 Å². The number of carbonyl (C=O) groups excluding carboxylic acids is 1. The topological polar surface area (TPSA) is 68.2 Å². The summed E-state index contributed by atoms with van der Waals surface area (Å²) in [5.74, 6) is 1.32. The van der Waals surface area contributed by atoms with Gasteiger partial charge in [-0.25, -0.2) is 4.79 Å². The lowest BCUT2D eigenvalue weighted by molar-refractivity contribution is 0.0470. The molecule has 2 aromatic rings. The highest BCUT2D eigenvalue weighted by molar-refractivity contribution is 5.68. The van der Waals surface area contributed by atoms with Crippen LogP contribution in [0.25, 0.3) is 0 Å². The predicted molar refractivity (Wildman–Crippen MR) is 118 cm³/mol. The molecule has 166 valence electrons. The van der Waals surface area contributed by atoms with Gasteiger partial charge in [-0.2, -0.15) is 0 Å². The number of fused-ring (bicyclic) bond motifs is 1. The molecule has 0 spiro atoms. The van der Waals surface area contributed by atoms with Crippen LogP contribution in [0.3, 0.4) is 0 Å². The molecule has 1 aliphatic heterocycles. The first kappa shape index (κ1) is 21.5. The van der Waals surface area contributed by atoms with E-state index in [0.717, 1.165) is 18.4 Å². The van der Waals surface area contributed by atoms with Crippen LogP contribution in [0.15, 0.2) is 42.5 Å². The molecule has 0 radical (unpaired) electrons. The van der Waals surface area contributed by atoms with Gasteiger partial charge in [0.05, 0.1) is 20.3 Å². The van der Waals surface area contributed by atoms with Crippen LogP contribution in [0.2, 0.25) is 0 Å². The van der Waals surface area contributed by atoms with E-state index in [2.05, 4.69) is 24.3 Å². The van der Waals surface area contributed by atoms with E-state index in [1.165, 1.54) is 18.2 Å². The average Bonchev–Trinajstić information content (AvgIpc) is 3.34. The number of benzene rings is 2. The van der Waals surface area contributed by atoms with E-state index in [1.54, 1.807) is 18.9 Å². The standard InChI is InChI=1S/C25H31NO5/c1-16(27)25(2)15-26(24(28)30-4)14-21(25)19-9-10-22(29-3)23(13-19)31-20-11-17-7-5-6-8-18(17)12-20/h5-10,13,16,20-21,27H,11-12,14-15H2,1-4H3/t16-,21+,25+/m0/s1. The van der Waals surface area contributed by atoms with Gasteiger partial charge in [-0.1, -0.05) is 37.3 Å². The van der Waals surface area contributed by atoms with Crippen molar-refractivity contribution in [2.45, 2.75) is 44.8 Å². The zero-order valence-corrected chi connectivity index (χ0v) is 18.6. The fourth-order valence-electron chi connectivity index (χ4n) is 4.98. The Balaban J connectivity index is 1.61. The normalized spacial score (nSPS) is 24.0. The Bertz CT molecular complexity index is 934. The second-order valence-corrected chi connectivity index (χ2v) is 8.91. The largest absolute Gasteiger partial charge is 0.493 e. The molecular formula is C25H31NO5. The van der Waals surface area contributed by atoms with E-state index in [4.69, 9.17) is 14.2 Å². The number of aliphatic hydroxyl groups excluding tert-OH is 1. The first-order chi connectivity index (χ1) is 14.9. The number of rotatable bonds is 5. The molecule has 1 N–H and O–H groups in total. The third-order valence-corrected chi connectivity index (χ3v) is 7.02. The molecule has 1 aliphatic carbocycles. The molecule has 1 fully saturated rings. The van der Waals surface area contributed by atoms with Gasteiger partial charge in [0, 0.05) is 37.3 Å². The smallest absolute Gasteiger partial charge is 0.409 e. The molecule has 3 atom stereocenters. The first-order valence-electron chi connectivity index (χ1n) is 10.8. The van der Waals surface area contributed by atoms with Crippen LogP contribution in [0, 0.1) is 5.41 Å². The van der Waals surface area contributed by atoms with Gasteiger partial charge in [0.25, 0.3) is 0 Å². The Hall–Kier alpha value is -2.73. The Kier molecular flexibility index (Phi) is 5.84. The third kappa shape index (κ3) is 3.97. The summed E-state index contributed by atoms with van der Waals surface area (Å²) in [4.78, 5) is 13.8. The first-order valence-corrected chi connectivity index (χ1v) is 10.8. The summed E-state index contributed by atoms with van der Waals surface area (Å²) < 4.78 is 16.9. The van der Waals surface area contributed by atoms with E-state index in [0.29, 0.717) is 24.6 Å². The van der Waals surface area contributed by atoms with Crippen LogP contribution in [-0.4, -0.2) is 55.6 Å². The molecule has 31 heavy (non-hydrogen) atoms. The molecule has 0 saturated carbocycles. The fourth-order valence-corrected chi connectivity index (χ4v) is 4.98. The summed E-state index contributed by atoms with van der Waals surface area (Å²) in [7, 11) is 3.02. The average molecular weight is 426 g/mol. The molecule has 0 aromatic heterocycles. The maximum absolute atomic E-state index is 12.2.